The number of carboxylic acids is 1. The molecule has 0 spiro atoms. The molecule has 0 aliphatic heterocycles. The lowest BCUT2D eigenvalue weighted by molar-refractivity contribution is -0.159. The van der Waals surface area contributed by atoms with Crippen LogP contribution in [0.5, 0.6) is 0 Å². The van der Waals surface area contributed by atoms with E-state index in [0.29, 0.717) is 32.2 Å². The standard InChI is InChI=1S/C69H110N6O17/c1-68(2,3)91-64(81)35-22-20-18-16-14-12-10-8-7-9-11-13-15-17-19-21-34-61(78)74-58(66(84)92-69(4,5)6)36-37-59(76)71-40-38-60(77)72-41-43-86-45-48-89-51-63(80)73-42-44-87-46-47-88-50-62(79)70-39-28-27-33-57(65(82)83)75-67(85)90-49-56-54-31-25-23-29-52(54)53-30-24-26-32-55(53)56/h23-26,29-32,56-58H,7-22,27-28,33-51H2,1-6H3,(H,70,79)(H,71,76)(H,72,77)(H,73,80)(H,74,78)(H,75,85)(H,82,83). The van der Waals surface area contributed by atoms with Crippen LogP contribution < -0.4 is 31.9 Å². The maximum absolute atomic E-state index is 13.0. The summed E-state index contributed by atoms with van der Waals surface area (Å²) in [4.78, 5) is 112. The van der Waals surface area contributed by atoms with Crippen LogP contribution >= 0.6 is 0 Å². The van der Waals surface area contributed by atoms with Gasteiger partial charge in [-0.2, -0.15) is 0 Å². The van der Waals surface area contributed by atoms with Crippen LogP contribution in [0, 0.1) is 0 Å². The molecule has 0 bridgehead atoms. The number of amides is 6. The van der Waals surface area contributed by atoms with Gasteiger partial charge in [0.25, 0.3) is 0 Å². The summed E-state index contributed by atoms with van der Waals surface area (Å²) in [5.74, 6) is -3.64. The number of alkyl carbamates (subject to hydrolysis) is 1. The van der Waals surface area contributed by atoms with E-state index in [-0.39, 0.29) is 153 Å². The third-order valence-electron chi connectivity index (χ3n) is 14.8. The number of carbonyl (C=O) groups is 9. The normalized spacial score (nSPS) is 12.6. The summed E-state index contributed by atoms with van der Waals surface area (Å²) in [6.45, 7) is 12.5. The van der Waals surface area contributed by atoms with Crippen LogP contribution in [-0.2, 0) is 71.5 Å². The lowest BCUT2D eigenvalue weighted by atomic mass is 9.98. The molecule has 518 valence electrons. The molecule has 2 aromatic rings. The van der Waals surface area contributed by atoms with Crippen molar-refractivity contribution in [3.8, 4) is 11.1 Å². The number of ether oxygens (including phenoxy) is 7. The smallest absolute Gasteiger partial charge is 0.407 e. The number of carbonyl (C=O) groups excluding carboxylic acids is 8. The first-order valence-electron chi connectivity index (χ1n) is 33.6. The van der Waals surface area contributed by atoms with Crippen molar-refractivity contribution in [2.45, 2.75) is 225 Å². The fraction of sp³-hybridized carbons (Fsp3) is 0.696. The first-order chi connectivity index (χ1) is 44.1. The Balaban J connectivity index is 1.08. The predicted molar refractivity (Wildman–Crippen MR) is 349 cm³/mol. The second-order valence-corrected chi connectivity index (χ2v) is 25.3. The van der Waals surface area contributed by atoms with Crippen LogP contribution in [0.1, 0.15) is 213 Å². The minimum absolute atomic E-state index is 0.0257. The molecule has 2 aromatic carbocycles. The van der Waals surface area contributed by atoms with Crippen molar-refractivity contribution < 1.29 is 81.4 Å². The highest BCUT2D eigenvalue weighted by Gasteiger charge is 2.31. The monoisotopic (exact) mass is 1290 g/mol. The number of esters is 2. The van der Waals surface area contributed by atoms with Gasteiger partial charge in [-0.25, -0.2) is 14.4 Å². The number of hydrogen-bond donors (Lipinski definition) is 7. The molecule has 23 heteroatoms. The molecule has 0 saturated heterocycles. The van der Waals surface area contributed by atoms with E-state index in [1.165, 1.54) is 64.2 Å². The number of carboxylic acid groups (broad SMARTS) is 1. The number of rotatable bonds is 52. The van der Waals surface area contributed by atoms with Crippen LogP contribution in [-0.4, -0.2) is 168 Å². The number of nitrogens with one attached hydrogen (secondary N) is 6. The first kappa shape index (κ1) is 79.5. The van der Waals surface area contributed by atoms with Crippen molar-refractivity contribution in [1.82, 2.24) is 31.9 Å². The topological polar surface area (TPSA) is 311 Å². The highest BCUT2D eigenvalue weighted by molar-refractivity contribution is 5.86. The van der Waals surface area contributed by atoms with Gasteiger partial charge in [-0.05, 0) is 102 Å². The summed E-state index contributed by atoms with van der Waals surface area (Å²) in [6, 6.07) is 13.7. The number of hydrogen-bond acceptors (Lipinski definition) is 16. The van der Waals surface area contributed by atoms with E-state index in [1.807, 2.05) is 69.3 Å². The van der Waals surface area contributed by atoms with Crippen LogP contribution in [0.25, 0.3) is 11.1 Å². The van der Waals surface area contributed by atoms with Crippen molar-refractivity contribution >= 4 is 53.5 Å². The van der Waals surface area contributed by atoms with E-state index < -0.39 is 41.3 Å². The molecule has 1 aliphatic rings. The van der Waals surface area contributed by atoms with Crippen LogP contribution in [0.3, 0.4) is 0 Å². The Bertz CT molecular complexity index is 2450. The van der Waals surface area contributed by atoms with Gasteiger partial charge in [0.05, 0.1) is 39.6 Å². The molecular weight excluding hydrogens is 1180 g/mol. The molecule has 23 nitrogen and oxygen atoms in total. The Morgan fingerprint density at radius 3 is 1.38 bits per heavy atom. The Kier molecular flexibility index (Phi) is 40.8. The van der Waals surface area contributed by atoms with Gasteiger partial charge in [0.1, 0.15) is 43.1 Å². The second kappa shape index (κ2) is 47.2. The van der Waals surface area contributed by atoms with Crippen molar-refractivity contribution in [3.05, 3.63) is 59.7 Å². The van der Waals surface area contributed by atoms with Gasteiger partial charge < -0.3 is 70.2 Å². The summed E-state index contributed by atoms with van der Waals surface area (Å²) in [5.41, 5.74) is 3.09. The molecular formula is C69H110N6O17. The molecule has 2 unspecified atom stereocenters. The Labute approximate surface area is 546 Å². The average Bonchev–Trinajstić information content (AvgIpc) is 1.62. The fourth-order valence-corrected chi connectivity index (χ4v) is 10.2. The van der Waals surface area contributed by atoms with E-state index in [0.717, 1.165) is 54.4 Å². The predicted octanol–water partition coefficient (Wildman–Crippen LogP) is 9.04. The molecule has 0 radical (unpaired) electrons. The fourth-order valence-electron chi connectivity index (χ4n) is 10.2. The minimum atomic E-state index is -1.18. The lowest BCUT2D eigenvalue weighted by Gasteiger charge is -2.24. The number of unbranched alkanes of at least 4 members (excludes halogenated alkanes) is 16. The van der Waals surface area contributed by atoms with E-state index in [4.69, 9.17) is 33.2 Å². The molecule has 2 atom stereocenters. The number of aliphatic carboxylic acids is 1. The molecule has 7 N–H and O–H groups in total. The Morgan fingerprint density at radius 1 is 0.424 bits per heavy atom. The summed E-state index contributed by atoms with van der Waals surface area (Å²) in [6.07, 6.45) is 19.3. The summed E-state index contributed by atoms with van der Waals surface area (Å²) >= 11 is 0. The summed E-state index contributed by atoms with van der Waals surface area (Å²) in [5, 5.41) is 25.7. The molecule has 0 heterocycles. The first-order valence-corrected chi connectivity index (χ1v) is 33.6. The minimum Gasteiger partial charge on any atom is -0.480 e. The van der Waals surface area contributed by atoms with Crippen molar-refractivity contribution in [2.75, 3.05) is 85.6 Å². The third-order valence-corrected chi connectivity index (χ3v) is 14.8. The highest BCUT2D eigenvalue weighted by Crippen LogP contribution is 2.44. The van der Waals surface area contributed by atoms with Crippen LogP contribution in [0.2, 0.25) is 0 Å². The number of benzene rings is 2. The molecule has 0 fully saturated rings. The maximum atomic E-state index is 13.0. The molecule has 92 heavy (non-hydrogen) atoms. The van der Waals surface area contributed by atoms with Gasteiger partial charge in [0.2, 0.25) is 29.5 Å². The summed E-state index contributed by atoms with van der Waals surface area (Å²) in [7, 11) is 0. The molecule has 6 amide bonds. The van der Waals surface area contributed by atoms with Crippen LogP contribution in [0.15, 0.2) is 48.5 Å². The van der Waals surface area contributed by atoms with Crippen molar-refractivity contribution in [2.24, 2.45) is 0 Å². The largest absolute Gasteiger partial charge is 0.480 e. The highest BCUT2D eigenvalue weighted by atomic mass is 16.6. The zero-order valence-corrected chi connectivity index (χ0v) is 56.0. The van der Waals surface area contributed by atoms with Crippen molar-refractivity contribution in [3.63, 3.8) is 0 Å². The lowest BCUT2D eigenvalue weighted by Crippen LogP contribution is -2.44. The average molecular weight is 1300 g/mol. The third kappa shape index (κ3) is 39.0. The van der Waals surface area contributed by atoms with Gasteiger partial charge in [-0.15, -0.1) is 0 Å². The second-order valence-electron chi connectivity index (χ2n) is 25.3. The zero-order chi connectivity index (χ0) is 67.2. The molecule has 0 saturated carbocycles. The van der Waals surface area contributed by atoms with Gasteiger partial charge in [0.15, 0.2) is 0 Å². The molecule has 3 rings (SSSR count). The van der Waals surface area contributed by atoms with E-state index >= 15 is 0 Å². The van der Waals surface area contributed by atoms with E-state index in [1.54, 1.807) is 20.8 Å². The van der Waals surface area contributed by atoms with Gasteiger partial charge in [0, 0.05) is 57.8 Å². The van der Waals surface area contributed by atoms with Crippen LogP contribution in [0.4, 0.5) is 4.79 Å². The Hall–Kier alpha value is -6.69. The SMILES string of the molecule is CC(C)(C)OC(=O)CCCCCCCCCCCCCCCCCCC(=O)NC(CCC(=O)NCCC(=O)NCCOCCOCC(=O)NCCOCCOCC(=O)NCCCCC(NC(=O)OCC1c2ccccc2-c2ccccc21)C(=O)O)C(=O)OC(C)(C)C. The number of fused-ring (bicyclic) bond motifs is 3. The molecule has 1 aliphatic carbocycles. The molecule has 0 aromatic heterocycles. The van der Waals surface area contributed by atoms with E-state index in [9.17, 15) is 48.3 Å². The van der Waals surface area contributed by atoms with Gasteiger partial charge in [-0.1, -0.05) is 138 Å². The Morgan fingerprint density at radius 2 is 0.870 bits per heavy atom. The summed E-state index contributed by atoms with van der Waals surface area (Å²) < 4.78 is 38.0. The van der Waals surface area contributed by atoms with Gasteiger partial charge >= 0.3 is 24.0 Å². The van der Waals surface area contributed by atoms with Crippen molar-refractivity contribution in [1.29, 1.82) is 0 Å². The maximum Gasteiger partial charge on any atom is 0.407 e. The quantitative estimate of drug-likeness (QED) is 0.0184. The van der Waals surface area contributed by atoms with Gasteiger partial charge in [-0.3, -0.25) is 28.8 Å². The van der Waals surface area contributed by atoms with E-state index in [2.05, 4.69) is 31.9 Å². The zero-order valence-electron chi connectivity index (χ0n) is 56.0.